The van der Waals surface area contributed by atoms with Crippen LogP contribution in [0.4, 0.5) is 5.69 Å². The van der Waals surface area contributed by atoms with Gasteiger partial charge in [-0.05, 0) is 55.2 Å². The number of phenolic OH excluding ortho intramolecular Hbond substituents is 1. The highest BCUT2D eigenvalue weighted by molar-refractivity contribution is 5.95. The smallest absolute Gasteiger partial charge is 0.271 e. The van der Waals surface area contributed by atoms with E-state index >= 15 is 0 Å². The maximum Gasteiger partial charge on any atom is 0.271 e. The number of nitrogens with one attached hydrogen (secondary N) is 1. The molecule has 124 valence electrons. The van der Waals surface area contributed by atoms with Crippen LogP contribution in [0.25, 0.3) is 0 Å². The Bertz CT molecular complexity index is 720. The Morgan fingerprint density at radius 3 is 2.54 bits per heavy atom. The Kier molecular flexibility index (Phi) is 5.11. The highest BCUT2D eigenvalue weighted by atomic mass is 16.3. The van der Waals surface area contributed by atoms with Crippen molar-refractivity contribution in [3.63, 3.8) is 0 Å². The molecular weight excluding hydrogens is 302 g/mol. The second-order valence-electron chi connectivity index (χ2n) is 5.89. The number of anilines is 1. The fourth-order valence-electron chi connectivity index (χ4n) is 2.80. The lowest BCUT2D eigenvalue weighted by molar-refractivity contribution is 0.0954. The van der Waals surface area contributed by atoms with Crippen LogP contribution in [0, 0.1) is 0 Å². The van der Waals surface area contributed by atoms with Crippen LogP contribution in [0.3, 0.4) is 0 Å². The first-order valence-electron chi connectivity index (χ1n) is 8.20. The summed E-state index contributed by atoms with van der Waals surface area (Å²) in [5.74, 6) is -0.299. The van der Waals surface area contributed by atoms with E-state index in [2.05, 4.69) is 27.6 Å². The van der Waals surface area contributed by atoms with E-state index in [1.165, 1.54) is 37.1 Å². The monoisotopic (exact) mass is 323 g/mol. The number of carbonyl (C=O) groups is 1. The lowest BCUT2D eigenvalue weighted by atomic mass is 10.1. The van der Waals surface area contributed by atoms with Crippen molar-refractivity contribution in [2.75, 3.05) is 18.0 Å². The summed E-state index contributed by atoms with van der Waals surface area (Å²) in [6.45, 7) is 2.24. The number of benzene rings is 2. The van der Waals surface area contributed by atoms with Crippen LogP contribution in [0.5, 0.6) is 5.75 Å². The number of carbonyl (C=O) groups excluding carboxylic acids is 1. The van der Waals surface area contributed by atoms with Gasteiger partial charge >= 0.3 is 0 Å². The predicted molar refractivity (Wildman–Crippen MR) is 95.7 cm³/mol. The molecule has 1 fully saturated rings. The standard InChI is InChI=1S/C19H21N3O2/c23-18-6-4-5-16(13-18)19(24)21-20-14-15-7-9-17(10-8-15)22-11-2-1-3-12-22/h4-10,13-14,23H,1-3,11-12H2,(H,21,24)/b20-14-. The quantitative estimate of drug-likeness (QED) is 0.671. The van der Waals surface area contributed by atoms with Gasteiger partial charge in [0.05, 0.1) is 6.21 Å². The summed E-state index contributed by atoms with van der Waals surface area (Å²) >= 11 is 0. The molecule has 1 aliphatic rings. The minimum atomic E-state index is -0.355. The van der Waals surface area contributed by atoms with Gasteiger partial charge < -0.3 is 10.0 Å². The molecule has 1 heterocycles. The van der Waals surface area contributed by atoms with Gasteiger partial charge in [-0.3, -0.25) is 4.79 Å². The SMILES string of the molecule is O=C(N/N=C\c1ccc(N2CCCCC2)cc1)c1cccc(O)c1. The van der Waals surface area contributed by atoms with Gasteiger partial charge in [-0.15, -0.1) is 0 Å². The van der Waals surface area contributed by atoms with Gasteiger partial charge in [-0.2, -0.15) is 5.10 Å². The van der Waals surface area contributed by atoms with Crippen molar-refractivity contribution in [2.24, 2.45) is 5.10 Å². The minimum absolute atomic E-state index is 0.0555. The molecule has 0 aliphatic carbocycles. The normalized spacial score (nSPS) is 14.8. The summed E-state index contributed by atoms with van der Waals surface area (Å²) < 4.78 is 0. The molecule has 0 atom stereocenters. The molecule has 1 amide bonds. The van der Waals surface area contributed by atoms with E-state index in [1.54, 1.807) is 18.3 Å². The van der Waals surface area contributed by atoms with Gasteiger partial charge in [0.25, 0.3) is 5.91 Å². The number of amides is 1. The zero-order valence-electron chi connectivity index (χ0n) is 13.5. The van der Waals surface area contributed by atoms with Crippen LogP contribution in [0.2, 0.25) is 0 Å². The van der Waals surface area contributed by atoms with E-state index < -0.39 is 0 Å². The maximum absolute atomic E-state index is 11.9. The molecule has 1 saturated heterocycles. The molecule has 2 aromatic carbocycles. The first kappa shape index (κ1) is 16.1. The Morgan fingerprint density at radius 1 is 1.08 bits per heavy atom. The first-order valence-corrected chi connectivity index (χ1v) is 8.20. The van der Waals surface area contributed by atoms with E-state index in [1.807, 2.05) is 12.1 Å². The van der Waals surface area contributed by atoms with Gasteiger partial charge in [0, 0.05) is 24.3 Å². The topological polar surface area (TPSA) is 64.9 Å². The van der Waals surface area contributed by atoms with E-state index in [0.29, 0.717) is 5.56 Å². The molecule has 5 heteroatoms. The zero-order valence-corrected chi connectivity index (χ0v) is 13.5. The molecule has 0 unspecified atom stereocenters. The van der Waals surface area contributed by atoms with Crippen molar-refractivity contribution in [3.8, 4) is 5.75 Å². The number of hydrogen-bond acceptors (Lipinski definition) is 4. The number of nitrogens with zero attached hydrogens (tertiary/aromatic N) is 2. The molecule has 1 aliphatic heterocycles. The number of phenols is 1. The second-order valence-corrected chi connectivity index (χ2v) is 5.89. The van der Waals surface area contributed by atoms with E-state index in [-0.39, 0.29) is 11.7 Å². The lowest BCUT2D eigenvalue weighted by Crippen LogP contribution is -2.29. The summed E-state index contributed by atoms with van der Waals surface area (Å²) in [7, 11) is 0. The third-order valence-corrected chi connectivity index (χ3v) is 4.10. The summed E-state index contributed by atoms with van der Waals surface area (Å²) in [5, 5.41) is 13.3. The van der Waals surface area contributed by atoms with Gasteiger partial charge in [-0.1, -0.05) is 18.2 Å². The van der Waals surface area contributed by atoms with Crippen molar-refractivity contribution < 1.29 is 9.90 Å². The van der Waals surface area contributed by atoms with E-state index in [0.717, 1.165) is 18.7 Å². The van der Waals surface area contributed by atoms with Crippen molar-refractivity contribution in [2.45, 2.75) is 19.3 Å². The van der Waals surface area contributed by atoms with Gasteiger partial charge in [0.1, 0.15) is 5.75 Å². The predicted octanol–water partition coefficient (Wildman–Crippen LogP) is 3.15. The largest absolute Gasteiger partial charge is 0.508 e. The maximum atomic E-state index is 11.9. The third kappa shape index (κ3) is 4.13. The Balaban J connectivity index is 1.57. The molecule has 0 saturated carbocycles. The molecule has 0 bridgehead atoms. The van der Waals surface area contributed by atoms with Crippen LogP contribution in [-0.4, -0.2) is 30.3 Å². The Morgan fingerprint density at radius 2 is 1.83 bits per heavy atom. The molecule has 0 spiro atoms. The van der Waals surface area contributed by atoms with Crippen molar-refractivity contribution >= 4 is 17.8 Å². The summed E-state index contributed by atoms with van der Waals surface area (Å²) in [6.07, 6.45) is 5.44. The van der Waals surface area contributed by atoms with E-state index in [4.69, 9.17) is 0 Å². The average molecular weight is 323 g/mol. The van der Waals surface area contributed by atoms with Crippen LogP contribution in [-0.2, 0) is 0 Å². The number of piperidine rings is 1. The summed E-state index contributed by atoms with van der Waals surface area (Å²) in [4.78, 5) is 14.3. The van der Waals surface area contributed by atoms with Crippen LogP contribution in [0.15, 0.2) is 53.6 Å². The van der Waals surface area contributed by atoms with Crippen LogP contribution >= 0.6 is 0 Å². The van der Waals surface area contributed by atoms with Gasteiger partial charge in [0.2, 0.25) is 0 Å². The Hall–Kier alpha value is -2.82. The number of hydrogen-bond donors (Lipinski definition) is 2. The van der Waals surface area contributed by atoms with E-state index in [9.17, 15) is 9.90 Å². The molecule has 2 N–H and O–H groups in total. The summed E-state index contributed by atoms with van der Waals surface area (Å²) in [6, 6.07) is 14.3. The van der Waals surface area contributed by atoms with Crippen molar-refractivity contribution in [1.29, 1.82) is 0 Å². The molecule has 2 aromatic rings. The fourth-order valence-corrected chi connectivity index (χ4v) is 2.80. The van der Waals surface area contributed by atoms with Gasteiger partial charge in [-0.25, -0.2) is 5.43 Å². The number of rotatable bonds is 4. The first-order chi connectivity index (χ1) is 11.7. The van der Waals surface area contributed by atoms with Crippen molar-refractivity contribution in [3.05, 3.63) is 59.7 Å². The third-order valence-electron chi connectivity index (χ3n) is 4.10. The van der Waals surface area contributed by atoms with Crippen LogP contribution in [0.1, 0.15) is 35.2 Å². The van der Waals surface area contributed by atoms with Crippen LogP contribution < -0.4 is 10.3 Å². The summed E-state index contributed by atoms with van der Waals surface area (Å²) in [5.41, 5.74) is 4.98. The molecule has 0 radical (unpaired) electrons. The molecule has 24 heavy (non-hydrogen) atoms. The highest BCUT2D eigenvalue weighted by Gasteiger charge is 2.10. The second kappa shape index (κ2) is 7.64. The van der Waals surface area contributed by atoms with Gasteiger partial charge in [0.15, 0.2) is 0 Å². The molecule has 5 nitrogen and oxygen atoms in total. The highest BCUT2D eigenvalue weighted by Crippen LogP contribution is 2.19. The molecular formula is C19H21N3O2. The lowest BCUT2D eigenvalue weighted by Gasteiger charge is -2.28. The zero-order chi connectivity index (χ0) is 16.8. The number of aromatic hydroxyl groups is 1. The number of hydrazone groups is 1. The Labute approximate surface area is 141 Å². The minimum Gasteiger partial charge on any atom is -0.508 e. The fraction of sp³-hybridized carbons (Fsp3) is 0.263. The molecule has 0 aromatic heterocycles. The van der Waals surface area contributed by atoms with Crippen molar-refractivity contribution in [1.82, 2.24) is 5.43 Å². The average Bonchev–Trinajstić information content (AvgIpc) is 2.63. The molecule has 3 rings (SSSR count).